The number of aryl methyl sites for hydroxylation is 1. The first-order valence-corrected chi connectivity index (χ1v) is 10.4. The molecule has 1 N–H and O–H groups in total. The molecule has 0 aliphatic carbocycles. The fourth-order valence-electron chi connectivity index (χ4n) is 2.88. The van der Waals surface area contributed by atoms with E-state index in [9.17, 15) is 0 Å². The molecule has 0 bridgehead atoms. The van der Waals surface area contributed by atoms with Crippen LogP contribution in [0.2, 0.25) is 5.02 Å². The molecule has 0 atom stereocenters. The third kappa shape index (κ3) is 5.43. The van der Waals surface area contributed by atoms with Gasteiger partial charge in [-0.3, -0.25) is 0 Å². The summed E-state index contributed by atoms with van der Waals surface area (Å²) in [4.78, 5) is 0. The zero-order valence-electron chi connectivity index (χ0n) is 16.0. The SMILES string of the molecule is CCOc1cc(CNc2ccc(Br)cc2C)cc(Cl)c1OCc1ccccc1. The third-order valence-electron chi connectivity index (χ3n) is 4.27. The Morgan fingerprint density at radius 1 is 0.964 bits per heavy atom. The summed E-state index contributed by atoms with van der Waals surface area (Å²) in [6.07, 6.45) is 0. The van der Waals surface area contributed by atoms with Gasteiger partial charge in [0, 0.05) is 16.7 Å². The maximum atomic E-state index is 6.53. The monoisotopic (exact) mass is 459 g/mol. The largest absolute Gasteiger partial charge is 0.490 e. The molecule has 0 aliphatic heterocycles. The molecule has 0 spiro atoms. The van der Waals surface area contributed by atoms with Gasteiger partial charge in [-0.1, -0.05) is 57.9 Å². The lowest BCUT2D eigenvalue weighted by atomic mass is 10.1. The first-order chi connectivity index (χ1) is 13.6. The summed E-state index contributed by atoms with van der Waals surface area (Å²) in [6, 6.07) is 20.1. The van der Waals surface area contributed by atoms with Gasteiger partial charge in [0.2, 0.25) is 0 Å². The van der Waals surface area contributed by atoms with Crippen molar-refractivity contribution in [1.29, 1.82) is 0 Å². The van der Waals surface area contributed by atoms with E-state index in [-0.39, 0.29) is 0 Å². The summed E-state index contributed by atoms with van der Waals surface area (Å²) in [5, 5.41) is 4.00. The molecule has 0 heterocycles. The van der Waals surface area contributed by atoms with Crippen molar-refractivity contribution in [2.24, 2.45) is 0 Å². The molecule has 5 heteroatoms. The summed E-state index contributed by atoms with van der Waals surface area (Å²) in [5.74, 6) is 1.24. The molecule has 0 amide bonds. The number of anilines is 1. The van der Waals surface area contributed by atoms with Crippen LogP contribution in [0, 0.1) is 6.92 Å². The molecule has 0 fully saturated rings. The van der Waals surface area contributed by atoms with Crippen molar-refractivity contribution < 1.29 is 9.47 Å². The van der Waals surface area contributed by atoms with E-state index in [0.29, 0.717) is 36.3 Å². The minimum atomic E-state index is 0.441. The summed E-state index contributed by atoms with van der Waals surface area (Å²) >= 11 is 10.0. The van der Waals surface area contributed by atoms with Gasteiger partial charge < -0.3 is 14.8 Å². The third-order valence-corrected chi connectivity index (χ3v) is 5.04. The van der Waals surface area contributed by atoms with Crippen LogP contribution in [0.25, 0.3) is 0 Å². The van der Waals surface area contributed by atoms with Crippen molar-refractivity contribution >= 4 is 33.2 Å². The topological polar surface area (TPSA) is 30.5 Å². The normalized spacial score (nSPS) is 10.6. The van der Waals surface area contributed by atoms with Gasteiger partial charge in [0.05, 0.1) is 11.6 Å². The summed E-state index contributed by atoms with van der Waals surface area (Å²) in [7, 11) is 0. The predicted octanol–water partition coefficient (Wildman–Crippen LogP) is 7.00. The van der Waals surface area contributed by atoms with Gasteiger partial charge in [-0.15, -0.1) is 0 Å². The molecule has 0 saturated carbocycles. The van der Waals surface area contributed by atoms with Crippen LogP contribution >= 0.6 is 27.5 Å². The van der Waals surface area contributed by atoms with Gasteiger partial charge in [0.25, 0.3) is 0 Å². The second-order valence-corrected chi connectivity index (χ2v) is 7.75. The summed E-state index contributed by atoms with van der Waals surface area (Å²) < 4.78 is 12.8. The van der Waals surface area contributed by atoms with Crippen molar-refractivity contribution in [2.45, 2.75) is 27.0 Å². The van der Waals surface area contributed by atoms with E-state index in [1.54, 1.807) is 0 Å². The Bertz CT molecular complexity index is 931. The molecule has 3 aromatic rings. The lowest BCUT2D eigenvalue weighted by Crippen LogP contribution is -2.04. The van der Waals surface area contributed by atoms with Gasteiger partial charge in [0.15, 0.2) is 11.5 Å². The minimum Gasteiger partial charge on any atom is -0.490 e. The van der Waals surface area contributed by atoms with Gasteiger partial charge in [0.1, 0.15) is 6.61 Å². The van der Waals surface area contributed by atoms with E-state index in [1.807, 2.05) is 55.5 Å². The van der Waals surface area contributed by atoms with E-state index in [4.69, 9.17) is 21.1 Å². The molecule has 3 nitrogen and oxygen atoms in total. The highest BCUT2D eigenvalue weighted by molar-refractivity contribution is 9.10. The number of nitrogens with one attached hydrogen (secondary N) is 1. The molecule has 0 aromatic heterocycles. The van der Waals surface area contributed by atoms with E-state index >= 15 is 0 Å². The maximum Gasteiger partial charge on any atom is 0.180 e. The first kappa shape index (κ1) is 20.6. The quantitative estimate of drug-likeness (QED) is 0.392. The molecule has 3 rings (SSSR count). The van der Waals surface area contributed by atoms with Crippen LogP contribution in [0.3, 0.4) is 0 Å². The van der Waals surface area contributed by atoms with Gasteiger partial charge in [-0.05, 0) is 60.9 Å². The maximum absolute atomic E-state index is 6.53. The van der Waals surface area contributed by atoms with Crippen molar-refractivity contribution in [1.82, 2.24) is 0 Å². The lowest BCUT2D eigenvalue weighted by molar-refractivity contribution is 0.269. The van der Waals surface area contributed by atoms with E-state index in [2.05, 4.69) is 40.3 Å². The highest BCUT2D eigenvalue weighted by Crippen LogP contribution is 2.37. The summed E-state index contributed by atoms with van der Waals surface area (Å²) in [5.41, 5.74) is 4.37. The molecular formula is C23H23BrClNO2. The first-order valence-electron chi connectivity index (χ1n) is 9.18. The summed E-state index contributed by atoms with van der Waals surface area (Å²) in [6.45, 7) is 5.65. The van der Waals surface area contributed by atoms with Crippen LogP contribution in [0.4, 0.5) is 5.69 Å². The Balaban J connectivity index is 1.75. The number of ether oxygens (including phenoxy) is 2. The Kier molecular flexibility index (Phi) is 7.24. The van der Waals surface area contributed by atoms with E-state index in [0.717, 1.165) is 21.3 Å². The van der Waals surface area contributed by atoms with Gasteiger partial charge in [-0.25, -0.2) is 0 Å². The van der Waals surface area contributed by atoms with Crippen LogP contribution in [-0.4, -0.2) is 6.61 Å². The number of halogens is 2. The zero-order valence-corrected chi connectivity index (χ0v) is 18.3. The van der Waals surface area contributed by atoms with Crippen molar-refractivity contribution in [2.75, 3.05) is 11.9 Å². The molecule has 146 valence electrons. The number of rotatable bonds is 8. The number of hydrogen-bond acceptors (Lipinski definition) is 3. The van der Waals surface area contributed by atoms with Crippen molar-refractivity contribution in [3.63, 3.8) is 0 Å². The number of hydrogen-bond donors (Lipinski definition) is 1. The van der Waals surface area contributed by atoms with Crippen LogP contribution in [0.5, 0.6) is 11.5 Å². The highest BCUT2D eigenvalue weighted by atomic mass is 79.9. The van der Waals surface area contributed by atoms with Crippen LogP contribution < -0.4 is 14.8 Å². The molecule has 3 aromatic carbocycles. The van der Waals surface area contributed by atoms with E-state index < -0.39 is 0 Å². The predicted molar refractivity (Wildman–Crippen MR) is 120 cm³/mol. The Hall–Kier alpha value is -2.17. The Morgan fingerprint density at radius 2 is 1.75 bits per heavy atom. The zero-order chi connectivity index (χ0) is 19.9. The fraction of sp³-hybridized carbons (Fsp3) is 0.217. The molecule has 0 saturated heterocycles. The van der Waals surface area contributed by atoms with Crippen LogP contribution in [0.15, 0.2) is 65.1 Å². The molecule has 28 heavy (non-hydrogen) atoms. The van der Waals surface area contributed by atoms with Crippen LogP contribution in [-0.2, 0) is 13.2 Å². The standard InChI is InChI=1S/C23H23BrClNO2/c1-3-27-22-13-18(14-26-21-10-9-19(24)11-16(21)2)12-20(25)23(22)28-15-17-7-5-4-6-8-17/h4-13,26H,3,14-15H2,1-2H3. The lowest BCUT2D eigenvalue weighted by Gasteiger charge is -2.16. The smallest absolute Gasteiger partial charge is 0.180 e. The fourth-order valence-corrected chi connectivity index (χ4v) is 3.64. The molecular weight excluding hydrogens is 438 g/mol. The number of benzene rings is 3. The molecule has 0 unspecified atom stereocenters. The van der Waals surface area contributed by atoms with Crippen LogP contribution in [0.1, 0.15) is 23.6 Å². The second-order valence-electron chi connectivity index (χ2n) is 6.42. The van der Waals surface area contributed by atoms with Crippen molar-refractivity contribution in [3.8, 4) is 11.5 Å². The van der Waals surface area contributed by atoms with Crippen molar-refractivity contribution in [3.05, 3.63) is 86.8 Å². The average Bonchev–Trinajstić information content (AvgIpc) is 2.68. The highest BCUT2D eigenvalue weighted by Gasteiger charge is 2.13. The van der Waals surface area contributed by atoms with E-state index in [1.165, 1.54) is 5.56 Å². The molecule has 0 radical (unpaired) electrons. The van der Waals surface area contributed by atoms with Gasteiger partial charge >= 0.3 is 0 Å². The molecule has 0 aliphatic rings. The Labute approximate surface area is 179 Å². The average molecular weight is 461 g/mol. The minimum absolute atomic E-state index is 0.441. The second kappa shape index (κ2) is 9.85. The Morgan fingerprint density at radius 3 is 2.46 bits per heavy atom. The van der Waals surface area contributed by atoms with Gasteiger partial charge in [-0.2, -0.15) is 0 Å².